The number of hydrogen-bond donors (Lipinski definition) is 1. The van der Waals surface area contributed by atoms with Gasteiger partial charge in [0, 0.05) is 56.6 Å². The maximum atomic E-state index is 12.9. The molecule has 174 valence electrons. The maximum absolute atomic E-state index is 12.9. The molecule has 0 fully saturated rings. The molecule has 0 aliphatic rings. The van der Waals surface area contributed by atoms with E-state index in [0.717, 1.165) is 22.3 Å². The number of rotatable bonds is 6. The molecule has 0 spiro atoms. The largest absolute Gasteiger partial charge is 0.324 e. The SMILES string of the molecule is Cc1cc(Cn2cc(Cc3ncn(C)n3)c(=O)nc2Nc2cc3cn(C)nc3cc2Cl)nn1C. The van der Waals surface area contributed by atoms with Crippen LogP contribution in [0.5, 0.6) is 0 Å². The molecule has 0 unspecified atom stereocenters. The van der Waals surface area contributed by atoms with Crippen LogP contribution < -0.4 is 10.9 Å². The van der Waals surface area contributed by atoms with Gasteiger partial charge in [-0.1, -0.05) is 11.6 Å². The van der Waals surface area contributed by atoms with E-state index in [9.17, 15) is 4.79 Å². The minimum absolute atomic E-state index is 0.274. The van der Waals surface area contributed by atoms with Crippen molar-refractivity contribution in [3.63, 3.8) is 0 Å². The molecule has 12 heteroatoms. The zero-order valence-electron chi connectivity index (χ0n) is 19.2. The van der Waals surface area contributed by atoms with E-state index in [0.29, 0.717) is 34.6 Å². The van der Waals surface area contributed by atoms with Crippen LogP contribution in [0, 0.1) is 6.92 Å². The predicted molar refractivity (Wildman–Crippen MR) is 128 cm³/mol. The molecule has 4 aromatic heterocycles. The van der Waals surface area contributed by atoms with Crippen molar-refractivity contribution >= 4 is 34.1 Å². The van der Waals surface area contributed by atoms with Gasteiger partial charge in [0.05, 0.1) is 28.5 Å². The van der Waals surface area contributed by atoms with Crippen LogP contribution in [0.3, 0.4) is 0 Å². The van der Waals surface area contributed by atoms with Gasteiger partial charge in [0.15, 0.2) is 5.82 Å². The first-order chi connectivity index (χ1) is 16.2. The van der Waals surface area contributed by atoms with Gasteiger partial charge in [-0.25, -0.2) is 4.98 Å². The lowest BCUT2D eigenvalue weighted by molar-refractivity contribution is 0.685. The van der Waals surface area contributed by atoms with E-state index in [-0.39, 0.29) is 12.0 Å². The molecule has 0 amide bonds. The minimum Gasteiger partial charge on any atom is -0.324 e. The van der Waals surface area contributed by atoms with Gasteiger partial charge in [-0.05, 0) is 25.1 Å². The fraction of sp³-hybridized carbons (Fsp3) is 0.273. The molecule has 0 saturated carbocycles. The summed E-state index contributed by atoms with van der Waals surface area (Å²) < 4.78 is 6.99. The summed E-state index contributed by atoms with van der Waals surface area (Å²) >= 11 is 6.52. The predicted octanol–water partition coefficient (Wildman–Crippen LogP) is 2.34. The second-order valence-electron chi connectivity index (χ2n) is 8.25. The molecule has 0 aliphatic carbocycles. The van der Waals surface area contributed by atoms with Crippen LogP contribution in [0.25, 0.3) is 10.9 Å². The molecule has 4 heterocycles. The summed E-state index contributed by atoms with van der Waals surface area (Å²) in [7, 11) is 5.53. The van der Waals surface area contributed by atoms with Crippen LogP contribution in [-0.4, -0.2) is 43.9 Å². The Morgan fingerprint density at radius 1 is 1.03 bits per heavy atom. The first-order valence-corrected chi connectivity index (χ1v) is 11.0. The Morgan fingerprint density at radius 3 is 2.56 bits per heavy atom. The van der Waals surface area contributed by atoms with Crippen LogP contribution in [0.2, 0.25) is 5.02 Å². The summed E-state index contributed by atoms with van der Waals surface area (Å²) in [5.74, 6) is 0.906. The lowest BCUT2D eigenvalue weighted by Crippen LogP contribution is -2.21. The topological polar surface area (TPSA) is 113 Å². The number of nitrogens with zero attached hydrogens (tertiary/aromatic N) is 9. The third-order valence-corrected chi connectivity index (χ3v) is 5.83. The molecule has 0 saturated heterocycles. The monoisotopic (exact) mass is 478 g/mol. The summed E-state index contributed by atoms with van der Waals surface area (Å²) in [6.45, 7) is 2.40. The Bertz CT molecular complexity index is 1560. The highest BCUT2D eigenvalue weighted by atomic mass is 35.5. The van der Waals surface area contributed by atoms with Crippen LogP contribution in [0.4, 0.5) is 11.6 Å². The second kappa shape index (κ2) is 8.41. The van der Waals surface area contributed by atoms with Crippen molar-refractivity contribution in [2.45, 2.75) is 19.9 Å². The van der Waals surface area contributed by atoms with E-state index in [1.54, 1.807) is 35.0 Å². The molecule has 0 atom stereocenters. The van der Waals surface area contributed by atoms with Gasteiger partial charge in [0.1, 0.15) is 6.33 Å². The number of anilines is 2. The molecular formula is C22H23ClN10O. The van der Waals surface area contributed by atoms with E-state index in [4.69, 9.17) is 11.6 Å². The van der Waals surface area contributed by atoms with Gasteiger partial charge >= 0.3 is 0 Å². The van der Waals surface area contributed by atoms with E-state index in [1.807, 2.05) is 48.6 Å². The number of hydrogen-bond acceptors (Lipinski definition) is 7. The van der Waals surface area contributed by atoms with E-state index >= 15 is 0 Å². The van der Waals surface area contributed by atoms with Gasteiger partial charge in [0.25, 0.3) is 5.56 Å². The Kier molecular flexibility index (Phi) is 5.40. The average molecular weight is 479 g/mol. The zero-order chi connectivity index (χ0) is 24.0. The number of benzene rings is 1. The number of fused-ring (bicyclic) bond motifs is 1. The molecule has 11 nitrogen and oxygen atoms in total. The summed E-state index contributed by atoms with van der Waals surface area (Å²) in [5, 5.41) is 17.8. The van der Waals surface area contributed by atoms with Crippen molar-refractivity contribution in [2.75, 3.05) is 5.32 Å². The van der Waals surface area contributed by atoms with Crippen LogP contribution in [-0.2, 0) is 34.1 Å². The van der Waals surface area contributed by atoms with Gasteiger partial charge < -0.3 is 9.88 Å². The molecule has 0 radical (unpaired) electrons. The molecule has 5 aromatic rings. The fourth-order valence-corrected chi connectivity index (χ4v) is 3.99. The standard InChI is InChI=1S/C22H23ClN10O/c1-13-5-16(27-32(13)4)11-33-10-15(7-20-24-12-31(3)29-20)21(34)26-22(33)25-19-6-14-9-30(2)28-18(14)8-17(19)23/h5-6,8-10,12H,7,11H2,1-4H3,(H,25,26,34). The molecule has 1 aromatic carbocycles. The lowest BCUT2D eigenvalue weighted by atomic mass is 10.2. The van der Waals surface area contributed by atoms with Gasteiger partial charge in [0.2, 0.25) is 5.95 Å². The normalized spacial score (nSPS) is 11.4. The fourth-order valence-electron chi connectivity index (χ4n) is 3.79. The Labute approximate surface area is 199 Å². The molecule has 1 N–H and O–H groups in total. The molecule has 34 heavy (non-hydrogen) atoms. The Balaban J connectivity index is 1.56. The smallest absolute Gasteiger partial charge is 0.278 e. The summed E-state index contributed by atoms with van der Waals surface area (Å²) in [6.07, 6.45) is 5.55. The Hall–Kier alpha value is -3.99. The Morgan fingerprint density at radius 2 is 1.85 bits per heavy atom. The lowest BCUT2D eigenvalue weighted by Gasteiger charge is -2.15. The van der Waals surface area contributed by atoms with Crippen molar-refractivity contribution in [1.29, 1.82) is 0 Å². The van der Waals surface area contributed by atoms with E-state index in [2.05, 4.69) is 30.6 Å². The third-order valence-electron chi connectivity index (χ3n) is 5.51. The van der Waals surface area contributed by atoms with Crippen LogP contribution in [0.1, 0.15) is 22.8 Å². The molecule has 5 rings (SSSR count). The van der Waals surface area contributed by atoms with E-state index in [1.165, 1.54) is 0 Å². The average Bonchev–Trinajstić information content (AvgIpc) is 3.43. The van der Waals surface area contributed by atoms with Gasteiger partial charge in [-0.3, -0.25) is 18.8 Å². The van der Waals surface area contributed by atoms with Crippen LogP contribution >= 0.6 is 11.6 Å². The zero-order valence-corrected chi connectivity index (χ0v) is 19.9. The second-order valence-corrected chi connectivity index (χ2v) is 8.66. The number of halogens is 1. The van der Waals surface area contributed by atoms with E-state index < -0.39 is 0 Å². The summed E-state index contributed by atoms with van der Waals surface area (Å²) in [4.78, 5) is 21.5. The molecule has 0 aliphatic heterocycles. The maximum Gasteiger partial charge on any atom is 0.278 e. The van der Waals surface area contributed by atoms with Gasteiger partial charge in [-0.2, -0.15) is 20.3 Å². The van der Waals surface area contributed by atoms with Crippen molar-refractivity contribution in [3.8, 4) is 0 Å². The molecular weight excluding hydrogens is 456 g/mol. The quantitative estimate of drug-likeness (QED) is 0.398. The highest BCUT2D eigenvalue weighted by Gasteiger charge is 2.15. The molecule has 0 bridgehead atoms. The van der Waals surface area contributed by atoms with Crippen molar-refractivity contribution in [3.05, 3.63) is 75.1 Å². The van der Waals surface area contributed by atoms with Crippen molar-refractivity contribution in [2.24, 2.45) is 21.1 Å². The number of aromatic nitrogens is 9. The number of aryl methyl sites for hydroxylation is 4. The minimum atomic E-state index is -0.359. The van der Waals surface area contributed by atoms with Gasteiger partial charge in [-0.15, -0.1) is 0 Å². The first-order valence-electron chi connectivity index (χ1n) is 10.6. The number of nitrogens with one attached hydrogen (secondary N) is 1. The highest BCUT2D eigenvalue weighted by molar-refractivity contribution is 6.34. The van der Waals surface area contributed by atoms with Crippen molar-refractivity contribution in [1.82, 2.24) is 43.9 Å². The first kappa shape index (κ1) is 21.8. The third kappa shape index (κ3) is 4.29. The highest BCUT2D eigenvalue weighted by Crippen LogP contribution is 2.29. The summed E-state index contributed by atoms with van der Waals surface area (Å²) in [5.41, 5.74) is 3.40. The van der Waals surface area contributed by atoms with Crippen molar-refractivity contribution < 1.29 is 0 Å². The van der Waals surface area contributed by atoms with Crippen LogP contribution in [0.15, 0.2) is 41.7 Å². The summed E-state index contributed by atoms with van der Waals surface area (Å²) in [6, 6.07) is 5.67.